The summed E-state index contributed by atoms with van der Waals surface area (Å²) in [7, 11) is 0. The summed E-state index contributed by atoms with van der Waals surface area (Å²) in [5, 5.41) is 0. The molecule has 0 radical (unpaired) electrons. The molecule has 0 saturated carbocycles. The van der Waals surface area contributed by atoms with Gasteiger partial charge in [-0.1, -0.05) is 26.0 Å². The molecular formula is C15H22FNO. The highest BCUT2D eigenvalue weighted by molar-refractivity contribution is 5.96. The Hall–Kier alpha value is -1.22. The summed E-state index contributed by atoms with van der Waals surface area (Å²) in [6.07, 6.45) is 1.33. The highest BCUT2D eigenvalue weighted by Crippen LogP contribution is 2.18. The van der Waals surface area contributed by atoms with Gasteiger partial charge in [0, 0.05) is 12.0 Å². The van der Waals surface area contributed by atoms with Crippen LogP contribution in [-0.4, -0.2) is 12.3 Å². The highest BCUT2D eigenvalue weighted by Gasteiger charge is 2.16. The molecular weight excluding hydrogens is 229 g/mol. The van der Waals surface area contributed by atoms with Crippen LogP contribution in [0, 0.1) is 24.6 Å². The first-order valence-electron chi connectivity index (χ1n) is 6.43. The number of carbonyl (C=O) groups excluding carboxylic acids is 1. The van der Waals surface area contributed by atoms with E-state index in [4.69, 9.17) is 5.73 Å². The lowest BCUT2D eigenvalue weighted by atomic mass is 9.90. The maximum atomic E-state index is 13.4. The summed E-state index contributed by atoms with van der Waals surface area (Å²) in [6.45, 7) is 6.40. The second-order valence-corrected chi connectivity index (χ2v) is 5.32. The minimum absolute atomic E-state index is 0.0231. The lowest BCUT2D eigenvalue weighted by Gasteiger charge is -2.16. The molecule has 2 nitrogen and oxygen atoms in total. The molecule has 0 aliphatic carbocycles. The molecule has 0 heterocycles. The fraction of sp³-hybridized carbons (Fsp3) is 0.533. The maximum Gasteiger partial charge on any atom is 0.163 e. The zero-order chi connectivity index (χ0) is 13.7. The topological polar surface area (TPSA) is 43.1 Å². The Balaban J connectivity index is 2.71. The Morgan fingerprint density at radius 1 is 1.39 bits per heavy atom. The Morgan fingerprint density at radius 3 is 2.56 bits per heavy atom. The van der Waals surface area contributed by atoms with Gasteiger partial charge in [-0.2, -0.15) is 0 Å². The number of rotatable bonds is 6. The van der Waals surface area contributed by atoms with Crippen molar-refractivity contribution in [1.29, 1.82) is 0 Å². The number of hydrogen-bond acceptors (Lipinski definition) is 2. The summed E-state index contributed by atoms with van der Waals surface area (Å²) in [5.41, 5.74) is 6.68. The van der Waals surface area contributed by atoms with Crippen molar-refractivity contribution >= 4 is 5.78 Å². The van der Waals surface area contributed by atoms with Crippen molar-refractivity contribution in [3.63, 3.8) is 0 Å². The van der Waals surface area contributed by atoms with Gasteiger partial charge >= 0.3 is 0 Å². The molecule has 0 amide bonds. The molecule has 0 aliphatic rings. The van der Waals surface area contributed by atoms with Crippen LogP contribution in [0.25, 0.3) is 0 Å². The van der Waals surface area contributed by atoms with Crippen LogP contribution in [0.5, 0.6) is 0 Å². The minimum atomic E-state index is -0.325. The second-order valence-electron chi connectivity index (χ2n) is 5.32. The number of aryl methyl sites for hydroxylation is 1. The van der Waals surface area contributed by atoms with E-state index in [1.807, 2.05) is 0 Å². The van der Waals surface area contributed by atoms with Crippen LogP contribution in [0.2, 0.25) is 0 Å². The molecule has 1 rings (SSSR count). The molecule has 1 atom stereocenters. The maximum absolute atomic E-state index is 13.4. The molecule has 0 fully saturated rings. The van der Waals surface area contributed by atoms with Gasteiger partial charge in [0.15, 0.2) is 5.78 Å². The van der Waals surface area contributed by atoms with Crippen LogP contribution in [0.15, 0.2) is 18.2 Å². The molecule has 1 aromatic carbocycles. The summed E-state index contributed by atoms with van der Waals surface area (Å²) in [5.74, 6) is 0.349. The third-order valence-electron chi connectivity index (χ3n) is 3.11. The second kappa shape index (κ2) is 6.64. The van der Waals surface area contributed by atoms with E-state index in [-0.39, 0.29) is 17.5 Å². The molecule has 2 N–H and O–H groups in total. The van der Waals surface area contributed by atoms with E-state index < -0.39 is 0 Å². The first-order chi connectivity index (χ1) is 8.43. The summed E-state index contributed by atoms with van der Waals surface area (Å²) in [6, 6.07) is 4.65. The third-order valence-corrected chi connectivity index (χ3v) is 3.11. The monoisotopic (exact) mass is 251 g/mol. The van der Waals surface area contributed by atoms with E-state index in [1.165, 1.54) is 6.07 Å². The summed E-state index contributed by atoms with van der Waals surface area (Å²) >= 11 is 0. The predicted molar refractivity (Wildman–Crippen MR) is 72.1 cm³/mol. The van der Waals surface area contributed by atoms with E-state index in [0.717, 1.165) is 6.42 Å². The summed E-state index contributed by atoms with van der Waals surface area (Å²) < 4.78 is 13.4. The Morgan fingerprint density at radius 2 is 2.06 bits per heavy atom. The van der Waals surface area contributed by atoms with E-state index in [9.17, 15) is 9.18 Å². The van der Waals surface area contributed by atoms with E-state index in [1.54, 1.807) is 19.1 Å². The van der Waals surface area contributed by atoms with Gasteiger partial charge in [0.2, 0.25) is 0 Å². The zero-order valence-electron chi connectivity index (χ0n) is 11.4. The van der Waals surface area contributed by atoms with Crippen molar-refractivity contribution in [2.45, 2.75) is 33.6 Å². The van der Waals surface area contributed by atoms with Gasteiger partial charge in [-0.3, -0.25) is 4.79 Å². The zero-order valence-corrected chi connectivity index (χ0v) is 11.4. The number of benzene rings is 1. The molecule has 18 heavy (non-hydrogen) atoms. The number of Topliss-reactive ketones (excluding diaryl/α,β-unsaturated/α-hetero) is 1. The average Bonchev–Trinajstić information content (AvgIpc) is 2.31. The van der Waals surface area contributed by atoms with Crippen molar-refractivity contribution in [2.24, 2.45) is 17.6 Å². The number of carbonyl (C=O) groups is 1. The molecule has 100 valence electrons. The third kappa shape index (κ3) is 4.22. The standard InChI is InChI=1S/C15H22FNO/c1-10(2)6-12(9-17)7-15(18)13-5-4-11(3)14(16)8-13/h4-5,8,10,12H,6-7,9,17H2,1-3H3. The fourth-order valence-electron chi connectivity index (χ4n) is 2.08. The van der Waals surface area contributed by atoms with Crippen molar-refractivity contribution in [3.8, 4) is 0 Å². The van der Waals surface area contributed by atoms with Gasteiger partial charge < -0.3 is 5.73 Å². The van der Waals surface area contributed by atoms with Crippen molar-refractivity contribution < 1.29 is 9.18 Å². The molecule has 0 aliphatic heterocycles. The smallest absolute Gasteiger partial charge is 0.163 e. The van der Waals surface area contributed by atoms with Gasteiger partial charge in [-0.15, -0.1) is 0 Å². The SMILES string of the molecule is Cc1ccc(C(=O)CC(CN)CC(C)C)cc1F. The Kier molecular flexibility index (Phi) is 5.48. The fourth-order valence-corrected chi connectivity index (χ4v) is 2.08. The van der Waals surface area contributed by atoms with E-state index in [2.05, 4.69) is 13.8 Å². The highest BCUT2D eigenvalue weighted by atomic mass is 19.1. The molecule has 1 aromatic rings. The molecule has 0 spiro atoms. The largest absolute Gasteiger partial charge is 0.330 e. The molecule has 0 aromatic heterocycles. The first-order valence-corrected chi connectivity index (χ1v) is 6.43. The van der Waals surface area contributed by atoms with E-state index >= 15 is 0 Å². The number of halogens is 1. The first kappa shape index (κ1) is 14.8. The predicted octanol–water partition coefficient (Wildman–Crippen LogP) is 3.33. The van der Waals surface area contributed by atoms with Gasteiger partial charge in [0.1, 0.15) is 5.82 Å². The summed E-state index contributed by atoms with van der Waals surface area (Å²) in [4.78, 5) is 12.0. The quantitative estimate of drug-likeness (QED) is 0.788. The lowest BCUT2D eigenvalue weighted by Crippen LogP contribution is -2.20. The Bertz CT molecular complexity index is 415. The van der Waals surface area contributed by atoms with Gasteiger partial charge in [0.05, 0.1) is 0 Å². The number of ketones is 1. The molecule has 1 unspecified atom stereocenters. The van der Waals surface area contributed by atoms with Crippen LogP contribution in [0.3, 0.4) is 0 Å². The van der Waals surface area contributed by atoms with Crippen molar-refractivity contribution in [1.82, 2.24) is 0 Å². The van der Waals surface area contributed by atoms with Gasteiger partial charge in [-0.05, 0) is 43.4 Å². The van der Waals surface area contributed by atoms with Crippen LogP contribution < -0.4 is 5.73 Å². The molecule has 3 heteroatoms. The van der Waals surface area contributed by atoms with Crippen LogP contribution in [-0.2, 0) is 0 Å². The van der Waals surface area contributed by atoms with Crippen LogP contribution in [0.1, 0.15) is 42.6 Å². The number of nitrogens with two attached hydrogens (primary N) is 1. The lowest BCUT2D eigenvalue weighted by molar-refractivity contribution is 0.0957. The van der Waals surface area contributed by atoms with Crippen molar-refractivity contribution in [3.05, 3.63) is 35.1 Å². The van der Waals surface area contributed by atoms with Crippen LogP contribution >= 0.6 is 0 Å². The minimum Gasteiger partial charge on any atom is -0.330 e. The average molecular weight is 251 g/mol. The number of hydrogen-bond donors (Lipinski definition) is 1. The Labute approximate surface area is 108 Å². The normalized spacial score (nSPS) is 12.8. The van der Waals surface area contributed by atoms with Gasteiger partial charge in [-0.25, -0.2) is 4.39 Å². The van der Waals surface area contributed by atoms with Gasteiger partial charge in [0.25, 0.3) is 0 Å². The van der Waals surface area contributed by atoms with Crippen LogP contribution in [0.4, 0.5) is 4.39 Å². The van der Waals surface area contributed by atoms with E-state index in [0.29, 0.717) is 30.0 Å². The molecule has 0 saturated heterocycles. The molecule has 0 bridgehead atoms. The van der Waals surface area contributed by atoms with Crippen molar-refractivity contribution in [2.75, 3.05) is 6.54 Å².